The maximum absolute atomic E-state index is 13.6. The lowest BCUT2D eigenvalue weighted by atomic mass is 10.2. The fourth-order valence-corrected chi connectivity index (χ4v) is 4.24. The molecule has 8 nitrogen and oxygen atoms in total. The molecule has 2 heterocycles. The summed E-state index contributed by atoms with van der Waals surface area (Å²) in [6, 6.07) is 20.9. The molecule has 4 aromatic rings. The summed E-state index contributed by atoms with van der Waals surface area (Å²) in [5.41, 5.74) is 0.824. The smallest absolute Gasteiger partial charge is 0.452 e. The van der Waals surface area contributed by atoms with Crippen LogP contribution in [0.1, 0.15) is 33.0 Å². The van der Waals surface area contributed by atoms with Crippen LogP contribution in [0.5, 0.6) is 5.75 Å². The van der Waals surface area contributed by atoms with Crippen LogP contribution >= 0.6 is 0 Å². The van der Waals surface area contributed by atoms with E-state index in [1.54, 1.807) is 54.6 Å². The van der Waals surface area contributed by atoms with Crippen molar-refractivity contribution in [2.45, 2.75) is 18.7 Å². The molecule has 200 valence electrons. The maximum Gasteiger partial charge on any atom is 0.452 e. The Labute approximate surface area is 220 Å². The van der Waals surface area contributed by atoms with Gasteiger partial charge in [-0.15, -0.1) is 0 Å². The van der Waals surface area contributed by atoms with E-state index in [4.69, 9.17) is 14.3 Å². The van der Waals surface area contributed by atoms with Gasteiger partial charge in [0, 0.05) is 29.9 Å². The number of oxazole rings is 1. The Bertz CT molecular complexity index is 1470. The molecule has 1 aromatic heterocycles. The molecule has 0 radical (unpaired) electrons. The topological polar surface area (TPSA) is 105 Å². The number of ether oxygens (including phenoxy) is 1. The monoisotopic (exact) mass is 537 g/mol. The van der Waals surface area contributed by atoms with Crippen LogP contribution in [0.25, 0.3) is 11.5 Å². The van der Waals surface area contributed by atoms with E-state index in [1.807, 2.05) is 0 Å². The van der Waals surface area contributed by atoms with Crippen LogP contribution in [0.2, 0.25) is 0 Å². The van der Waals surface area contributed by atoms with Crippen LogP contribution in [-0.2, 0) is 6.18 Å². The van der Waals surface area contributed by atoms with Gasteiger partial charge in [-0.3, -0.25) is 4.79 Å². The van der Waals surface area contributed by atoms with E-state index in [0.29, 0.717) is 17.9 Å². The van der Waals surface area contributed by atoms with Crippen LogP contribution in [0.4, 0.5) is 24.5 Å². The quantitative estimate of drug-likeness (QED) is 0.299. The summed E-state index contributed by atoms with van der Waals surface area (Å²) >= 11 is 0. The first kappa shape index (κ1) is 25.8. The van der Waals surface area contributed by atoms with Gasteiger partial charge in [0.05, 0.1) is 12.1 Å². The Morgan fingerprint density at radius 2 is 1.69 bits per heavy atom. The van der Waals surface area contributed by atoms with Gasteiger partial charge in [-0.25, -0.2) is 9.78 Å². The van der Waals surface area contributed by atoms with Gasteiger partial charge in [0.1, 0.15) is 11.9 Å². The Morgan fingerprint density at radius 1 is 1.00 bits per heavy atom. The highest BCUT2D eigenvalue weighted by Gasteiger charge is 2.42. The summed E-state index contributed by atoms with van der Waals surface area (Å²) in [6.45, 7) is 1.33. The number of rotatable bonds is 7. The van der Waals surface area contributed by atoms with Crippen LogP contribution in [0.15, 0.2) is 83.3 Å². The van der Waals surface area contributed by atoms with Gasteiger partial charge >= 0.3 is 12.1 Å². The summed E-state index contributed by atoms with van der Waals surface area (Å²) < 4.78 is 51.6. The molecular formula is C28H22F3N3O5. The molecule has 5 rings (SSSR count). The number of carbonyl (C=O) groups is 2. The number of nitrogens with one attached hydrogen (secondary N) is 1. The molecule has 3 aromatic carbocycles. The third-order valence-electron chi connectivity index (χ3n) is 6.16. The van der Waals surface area contributed by atoms with Crippen LogP contribution < -0.4 is 15.0 Å². The number of aromatic carboxylic acids is 1. The number of halogens is 3. The number of alkyl halides is 3. The zero-order chi connectivity index (χ0) is 27.6. The largest absolute Gasteiger partial charge is 0.489 e. The second kappa shape index (κ2) is 10.5. The van der Waals surface area contributed by atoms with Gasteiger partial charge in [-0.2, -0.15) is 13.2 Å². The van der Waals surface area contributed by atoms with Crippen molar-refractivity contribution in [3.63, 3.8) is 0 Å². The van der Waals surface area contributed by atoms with Gasteiger partial charge in [0.2, 0.25) is 11.7 Å². The number of carboxylic acids is 1. The number of aromatic nitrogens is 1. The van der Waals surface area contributed by atoms with Crippen LogP contribution in [0.3, 0.4) is 0 Å². The second-order valence-corrected chi connectivity index (χ2v) is 8.87. The van der Waals surface area contributed by atoms with Crippen molar-refractivity contribution >= 4 is 23.3 Å². The normalized spacial score (nSPS) is 15.3. The molecule has 0 saturated carbocycles. The minimum Gasteiger partial charge on any atom is -0.489 e. The first-order valence-corrected chi connectivity index (χ1v) is 12.0. The number of carbonyl (C=O) groups excluding carboxylic acids is 1. The minimum absolute atomic E-state index is 0.120. The Hall–Kier alpha value is -4.80. The average Bonchev–Trinajstić information content (AvgIpc) is 3.58. The highest BCUT2D eigenvalue weighted by molar-refractivity contribution is 6.04. The SMILES string of the molecule is O=C(O)c1ccc(N2CCC(Oc3ccc(NC(=O)c4nc(-c5ccccc5)oc4C(F)(F)F)cc3)C2)cc1. The van der Waals surface area contributed by atoms with Crippen molar-refractivity contribution in [3.05, 3.63) is 95.9 Å². The number of anilines is 2. The lowest BCUT2D eigenvalue weighted by Crippen LogP contribution is -2.24. The molecule has 11 heteroatoms. The molecule has 1 aliphatic rings. The Morgan fingerprint density at radius 3 is 2.33 bits per heavy atom. The predicted octanol–water partition coefficient (Wildman–Crippen LogP) is 5.97. The molecule has 1 unspecified atom stereocenters. The Kier molecular flexibility index (Phi) is 6.97. The van der Waals surface area contributed by atoms with Gasteiger partial charge < -0.3 is 24.5 Å². The molecule has 1 aliphatic heterocycles. The predicted molar refractivity (Wildman–Crippen MR) is 136 cm³/mol. The number of amides is 1. The van der Waals surface area contributed by atoms with E-state index < -0.39 is 29.5 Å². The van der Waals surface area contributed by atoms with E-state index in [0.717, 1.165) is 18.7 Å². The van der Waals surface area contributed by atoms with E-state index >= 15 is 0 Å². The molecule has 2 N–H and O–H groups in total. The van der Waals surface area contributed by atoms with E-state index in [9.17, 15) is 22.8 Å². The molecular weight excluding hydrogens is 515 g/mol. The maximum atomic E-state index is 13.6. The summed E-state index contributed by atoms with van der Waals surface area (Å²) in [5.74, 6) is -3.28. The fourth-order valence-electron chi connectivity index (χ4n) is 4.24. The van der Waals surface area contributed by atoms with Gasteiger partial charge in [-0.1, -0.05) is 18.2 Å². The molecule has 1 saturated heterocycles. The van der Waals surface area contributed by atoms with Gasteiger partial charge in [-0.05, 0) is 60.7 Å². The van der Waals surface area contributed by atoms with E-state index in [2.05, 4.69) is 15.2 Å². The molecule has 0 aliphatic carbocycles. The molecule has 1 atom stereocenters. The van der Waals surface area contributed by atoms with Crippen LogP contribution in [0, 0.1) is 0 Å². The molecule has 1 amide bonds. The third kappa shape index (κ3) is 5.87. The number of carboxylic acid groups (broad SMARTS) is 1. The van der Waals surface area contributed by atoms with Gasteiger partial charge in [0.15, 0.2) is 5.69 Å². The van der Waals surface area contributed by atoms with Crippen molar-refractivity contribution in [1.82, 2.24) is 4.98 Å². The van der Waals surface area contributed by atoms with E-state index in [-0.39, 0.29) is 23.2 Å². The van der Waals surface area contributed by atoms with Crippen LogP contribution in [-0.4, -0.2) is 41.2 Å². The van der Waals surface area contributed by atoms with Crippen molar-refractivity contribution in [3.8, 4) is 17.2 Å². The molecule has 1 fully saturated rings. The van der Waals surface area contributed by atoms with Crippen molar-refractivity contribution in [1.29, 1.82) is 0 Å². The van der Waals surface area contributed by atoms with Gasteiger partial charge in [0.25, 0.3) is 5.91 Å². The van der Waals surface area contributed by atoms with Crippen molar-refractivity contribution in [2.24, 2.45) is 0 Å². The lowest BCUT2D eigenvalue weighted by Gasteiger charge is -2.19. The summed E-state index contributed by atoms with van der Waals surface area (Å²) in [5, 5.41) is 11.5. The number of hydrogen-bond acceptors (Lipinski definition) is 6. The first-order chi connectivity index (χ1) is 18.7. The first-order valence-electron chi connectivity index (χ1n) is 12.0. The lowest BCUT2D eigenvalue weighted by molar-refractivity contribution is -0.153. The number of benzene rings is 3. The zero-order valence-corrected chi connectivity index (χ0v) is 20.3. The number of hydrogen-bond donors (Lipinski definition) is 2. The molecule has 0 bridgehead atoms. The van der Waals surface area contributed by atoms with Crippen molar-refractivity contribution < 1.29 is 37.0 Å². The highest BCUT2D eigenvalue weighted by Crippen LogP contribution is 2.35. The highest BCUT2D eigenvalue weighted by atomic mass is 19.4. The summed E-state index contributed by atoms with van der Waals surface area (Å²) in [7, 11) is 0. The second-order valence-electron chi connectivity index (χ2n) is 8.87. The van der Waals surface area contributed by atoms with E-state index in [1.165, 1.54) is 24.3 Å². The summed E-state index contributed by atoms with van der Waals surface area (Å²) in [4.78, 5) is 29.7. The fraction of sp³-hybridized carbons (Fsp3) is 0.179. The standard InChI is InChI=1S/C28H22F3N3O5/c29-28(30,31)24-23(33-26(39-24)17-4-2-1-3-5-17)25(35)32-19-8-12-21(13-9-19)38-22-14-15-34(16-22)20-10-6-18(7-11-20)27(36)37/h1-13,22H,14-16H2,(H,32,35)(H,36,37). The molecule has 0 spiro atoms. The van der Waals surface area contributed by atoms with Crippen molar-refractivity contribution in [2.75, 3.05) is 23.3 Å². The Balaban J connectivity index is 1.22. The third-order valence-corrected chi connectivity index (χ3v) is 6.16. The minimum atomic E-state index is -4.90. The number of nitrogens with zero attached hydrogens (tertiary/aromatic N) is 2. The average molecular weight is 537 g/mol. The molecule has 39 heavy (non-hydrogen) atoms. The zero-order valence-electron chi connectivity index (χ0n) is 20.3. The summed E-state index contributed by atoms with van der Waals surface area (Å²) in [6.07, 6.45) is -4.28.